The molecule has 0 radical (unpaired) electrons. The van der Waals surface area contributed by atoms with Gasteiger partial charge in [0.25, 0.3) is 5.91 Å². The van der Waals surface area contributed by atoms with Crippen molar-refractivity contribution in [1.29, 1.82) is 0 Å². The van der Waals surface area contributed by atoms with Gasteiger partial charge in [-0.1, -0.05) is 44.0 Å². The fourth-order valence-electron chi connectivity index (χ4n) is 4.15. The van der Waals surface area contributed by atoms with E-state index in [0.29, 0.717) is 18.7 Å². The number of methoxy groups -OCH3 is 1. The number of nitrogens with one attached hydrogen (secondary N) is 1. The Bertz CT molecular complexity index is 891. The van der Waals surface area contributed by atoms with Crippen molar-refractivity contribution in [2.75, 3.05) is 13.7 Å². The molecular weight excluding hydrogens is 404 g/mol. The van der Waals surface area contributed by atoms with Crippen LogP contribution in [-0.2, 0) is 16.1 Å². The molecule has 0 saturated heterocycles. The van der Waals surface area contributed by atoms with Gasteiger partial charge in [0, 0.05) is 12.6 Å². The molecule has 0 unspecified atom stereocenters. The van der Waals surface area contributed by atoms with Crippen LogP contribution in [0.15, 0.2) is 48.5 Å². The van der Waals surface area contributed by atoms with Crippen molar-refractivity contribution in [1.82, 2.24) is 10.2 Å². The van der Waals surface area contributed by atoms with Crippen molar-refractivity contribution >= 4 is 11.8 Å². The van der Waals surface area contributed by atoms with E-state index in [1.54, 1.807) is 12.0 Å². The van der Waals surface area contributed by atoms with Gasteiger partial charge in [-0.2, -0.15) is 0 Å². The van der Waals surface area contributed by atoms with E-state index in [9.17, 15) is 9.59 Å². The highest BCUT2D eigenvalue weighted by Gasteiger charge is 2.30. The minimum atomic E-state index is -0.550. The smallest absolute Gasteiger partial charge is 0.261 e. The molecule has 32 heavy (non-hydrogen) atoms. The number of hydrogen-bond acceptors (Lipinski definition) is 4. The molecule has 1 N–H and O–H groups in total. The van der Waals surface area contributed by atoms with Crippen molar-refractivity contribution in [3.63, 3.8) is 0 Å². The number of carbonyl (C=O) groups excluding carboxylic acids is 2. The summed E-state index contributed by atoms with van der Waals surface area (Å²) >= 11 is 0. The molecule has 6 nitrogen and oxygen atoms in total. The van der Waals surface area contributed by atoms with Crippen LogP contribution in [-0.4, -0.2) is 42.5 Å². The maximum atomic E-state index is 13.3. The number of nitrogens with zero attached hydrogens (tertiary/aromatic N) is 1. The zero-order chi connectivity index (χ0) is 22.9. The lowest BCUT2D eigenvalue weighted by atomic mass is 10.1. The lowest BCUT2D eigenvalue weighted by Crippen LogP contribution is -2.52. The third kappa shape index (κ3) is 6.49. The summed E-state index contributed by atoms with van der Waals surface area (Å²) in [5, 5.41) is 3.16. The normalized spacial score (nSPS) is 14.6. The largest absolute Gasteiger partial charge is 0.497 e. The fourth-order valence-corrected chi connectivity index (χ4v) is 4.15. The van der Waals surface area contributed by atoms with Crippen LogP contribution in [0.3, 0.4) is 0 Å². The highest BCUT2D eigenvalue weighted by Crippen LogP contribution is 2.20. The summed E-state index contributed by atoms with van der Waals surface area (Å²) in [6.45, 7) is 4.13. The number of hydrogen-bond donors (Lipinski definition) is 1. The second-order valence-corrected chi connectivity index (χ2v) is 8.39. The Kier molecular flexibility index (Phi) is 8.54. The first-order valence-corrected chi connectivity index (χ1v) is 11.4. The molecule has 2 aromatic rings. The summed E-state index contributed by atoms with van der Waals surface area (Å²) in [5.41, 5.74) is 1.99. The van der Waals surface area contributed by atoms with Crippen molar-refractivity contribution in [2.45, 2.75) is 64.6 Å². The van der Waals surface area contributed by atoms with Crippen LogP contribution in [0, 0.1) is 6.92 Å². The summed E-state index contributed by atoms with van der Waals surface area (Å²) in [7, 11) is 1.62. The zero-order valence-corrected chi connectivity index (χ0v) is 19.3. The monoisotopic (exact) mass is 438 g/mol. The average molecular weight is 439 g/mol. The van der Waals surface area contributed by atoms with Crippen molar-refractivity contribution < 1.29 is 19.1 Å². The molecule has 1 aliphatic rings. The minimum absolute atomic E-state index is 0.0863. The van der Waals surface area contributed by atoms with E-state index in [1.807, 2.05) is 62.4 Å². The summed E-state index contributed by atoms with van der Waals surface area (Å²) < 4.78 is 11.0. The van der Waals surface area contributed by atoms with E-state index in [2.05, 4.69) is 5.32 Å². The number of carbonyl (C=O) groups is 2. The maximum Gasteiger partial charge on any atom is 0.261 e. The summed E-state index contributed by atoms with van der Waals surface area (Å²) in [6, 6.07) is 14.8. The molecule has 1 aliphatic carbocycles. The van der Waals surface area contributed by atoms with Gasteiger partial charge in [0.15, 0.2) is 6.61 Å². The zero-order valence-electron chi connectivity index (χ0n) is 19.3. The third-order valence-electron chi connectivity index (χ3n) is 5.95. The molecule has 2 aromatic carbocycles. The SMILES string of the molecule is CC[C@@H](C(=O)NC1CCCC1)N(Cc1ccc(OC)cc1)C(=O)COc1cccc(C)c1. The van der Waals surface area contributed by atoms with Crippen LogP contribution < -0.4 is 14.8 Å². The maximum absolute atomic E-state index is 13.3. The van der Waals surface area contributed by atoms with Gasteiger partial charge in [0.1, 0.15) is 17.5 Å². The van der Waals surface area contributed by atoms with Gasteiger partial charge >= 0.3 is 0 Å². The predicted molar refractivity (Wildman–Crippen MR) is 125 cm³/mol. The molecule has 3 rings (SSSR count). The third-order valence-corrected chi connectivity index (χ3v) is 5.95. The average Bonchev–Trinajstić information content (AvgIpc) is 3.31. The summed E-state index contributed by atoms with van der Waals surface area (Å²) in [5.74, 6) is 1.10. The van der Waals surface area contributed by atoms with E-state index in [0.717, 1.165) is 42.6 Å². The van der Waals surface area contributed by atoms with Gasteiger partial charge in [-0.3, -0.25) is 9.59 Å². The molecule has 1 fully saturated rings. The Hall–Kier alpha value is -3.02. The van der Waals surface area contributed by atoms with Crippen molar-refractivity contribution in [3.05, 3.63) is 59.7 Å². The fraction of sp³-hybridized carbons (Fsp3) is 0.462. The first-order valence-electron chi connectivity index (χ1n) is 11.4. The van der Waals surface area contributed by atoms with Crippen molar-refractivity contribution in [3.8, 4) is 11.5 Å². The van der Waals surface area contributed by atoms with Crippen LogP contribution in [0.2, 0.25) is 0 Å². The minimum Gasteiger partial charge on any atom is -0.497 e. The lowest BCUT2D eigenvalue weighted by molar-refractivity contribution is -0.143. The molecule has 2 amide bonds. The van der Waals surface area contributed by atoms with Crippen LogP contribution in [0.4, 0.5) is 0 Å². The Morgan fingerprint density at radius 2 is 1.81 bits per heavy atom. The number of amides is 2. The van der Waals surface area contributed by atoms with Crippen LogP contribution in [0.1, 0.15) is 50.2 Å². The first-order chi connectivity index (χ1) is 15.5. The van der Waals surface area contributed by atoms with Gasteiger partial charge < -0.3 is 19.7 Å². The van der Waals surface area contributed by atoms with Crippen LogP contribution in [0.25, 0.3) is 0 Å². The lowest BCUT2D eigenvalue weighted by Gasteiger charge is -2.31. The first kappa shape index (κ1) is 23.6. The summed E-state index contributed by atoms with van der Waals surface area (Å²) in [4.78, 5) is 28.0. The topological polar surface area (TPSA) is 67.9 Å². The molecule has 1 saturated carbocycles. The van der Waals surface area contributed by atoms with E-state index in [4.69, 9.17) is 9.47 Å². The molecule has 0 spiro atoms. The van der Waals surface area contributed by atoms with E-state index in [1.165, 1.54) is 0 Å². The van der Waals surface area contributed by atoms with Crippen molar-refractivity contribution in [2.24, 2.45) is 0 Å². The highest BCUT2D eigenvalue weighted by molar-refractivity contribution is 5.88. The van der Waals surface area contributed by atoms with E-state index < -0.39 is 6.04 Å². The Labute approximate surface area is 190 Å². The second-order valence-electron chi connectivity index (χ2n) is 8.39. The number of benzene rings is 2. The van der Waals surface area contributed by atoms with Gasteiger partial charge in [0.05, 0.1) is 7.11 Å². The number of ether oxygens (including phenoxy) is 2. The van der Waals surface area contributed by atoms with Gasteiger partial charge in [-0.15, -0.1) is 0 Å². The van der Waals surface area contributed by atoms with E-state index >= 15 is 0 Å². The van der Waals surface area contributed by atoms with E-state index in [-0.39, 0.29) is 24.5 Å². The second kappa shape index (κ2) is 11.6. The Morgan fingerprint density at radius 3 is 2.44 bits per heavy atom. The molecule has 0 aliphatic heterocycles. The molecule has 172 valence electrons. The summed E-state index contributed by atoms with van der Waals surface area (Å²) in [6.07, 6.45) is 4.82. The molecule has 6 heteroatoms. The molecular formula is C26H34N2O4. The predicted octanol–water partition coefficient (Wildman–Crippen LogP) is 4.25. The standard InChI is InChI=1S/C26H34N2O4/c1-4-24(26(30)27-21-9-5-6-10-21)28(17-20-12-14-22(31-3)15-13-20)25(29)18-32-23-11-7-8-19(2)16-23/h7-8,11-16,21,24H,4-6,9-10,17-18H2,1-3H3,(H,27,30)/t24-/m0/s1. The van der Waals surface area contributed by atoms with Crippen LogP contribution >= 0.6 is 0 Å². The Morgan fingerprint density at radius 1 is 1.09 bits per heavy atom. The van der Waals surface area contributed by atoms with Crippen LogP contribution in [0.5, 0.6) is 11.5 Å². The Balaban J connectivity index is 1.75. The van der Waals surface area contributed by atoms with Gasteiger partial charge in [-0.05, 0) is 61.6 Å². The quantitative estimate of drug-likeness (QED) is 0.602. The molecule has 0 aromatic heterocycles. The highest BCUT2D eigenvalue weighted by atomic mass is 16.5. The number of rotatable bonds is 10. The van der Waals surface area contributed by atoms with Gasteiger partial charge in [-0.25, -0.2) is 0 Å². The number of aryl methyl sites for hydroxylation is 1. The molecule has 0 bridgehead atoms. The van der Waals surface area contributed by atoms with Gasteiger partial charge in [0.2, 0.25) is 5.91 Å². The molecule has 1 atom stereocenters. The molecule has 0 heterocycles.